The smallest absolute Gasteiger partial charge is 0.141 e. The quantitative estimate of drug-likeness (QED) is 0.828. The molecule has 1 aromatic rings. The molecule has 16 heavy (non-hydrogen) atoms. The average Bonchev–Trinajstić information content (AvgIpc) is 2.16. The zero-order chi connectivity index (χ0) is 12.1. The highest BCUT2D eigenvalue weighted by Crippen LogP contribution is 2.12. The van der Waals surface area contributed by atoms with Gasteiger partial charge in [0.25, 0.3) is 0 Å². The second-order valence-electron chi connectivity index (χ2n) is 4.49. The molecule has 1 N–H and O–H groups in total. The van der Waals surface area contributed by atoms with Gasteiger partial charge in [-0.05, 0) is 39.6 Å². The summed E-state index contributed by atoms with van der Waals surface area (Å²) in [6, 6.07) is 1.99. The molecule has 0 radical (unpaired) electrons. The second kappa shape index (κ2) is 5.92. The Balaban J connectivity index is 2.55. The molecule has 0 saturated carbocycles. The van der Waals surface area contributed by atoms with Crippen molar-refractivity contribution in [2.75, 3.05) is 20.6 Å². The monoisotopic (exact) mass is 225 g/mol. The number of halogens is 1. The maximum atomic E-state index is 13.0. The van der Waals surface area contributed by atoms with Crippen LogP contribution in [0, 0.1) is 5.82 Å². The third-order valence-corrected chi connectivity index (χ3v) is 2.40. The van der Waals surface area contributed by atoms with Crippen molar-refractivity contribution in [3.8, 4) is 0 Å². The Labute approximate surface area is 96.7 Å². The van der Waals surface area contributed by atoms with Crippen LogP contribution < -0.4 is 5.32 Å². The van der Waals surface area contributed by atoms with Crippen molar-refractivity contribution in [2.24, 2.45) is 0 Å². The SMILES string of the molecule is CC(CN(C)C)NC(C)c1cncc(F)c1. The number of nitrogens with one attached hydrogen (secondary N) is 1. The highest BCUT2D eigenvalue weighted by Gasteiger charge is 2.10. The van der Waals surface area contributed by atoms with Gasteiger partial charge in [0, 0.05) is 24.8 Å². The molecule has 1 aromatic heterocycles. The van der Waals surface area contributed by atoms with Crippen LogP contribution in [-0.4, -0.2) is 36.6 Å². The van der Waals surface area contributed by atoms with E-state index >= 15 is 0 Å². The van der Waals surface area contributed by atoms with Crippen LogP contribution in [-0.2, 0) is 0 Å². The fourth-order valence-electron chi connectivity index (χ4n) is 1.79. The lowest BCUT2D eigenvalue weighted by atomic mass is 10.1. The van der Waals surface area contributed by atoms with Gasteiger partial charge in [-0.2, -0.15) is 0 Å². The van der Waals surface area contributed by atoms with Gasteiger partial charge in [-0.1, -0.05) is 0 Å². The van der Waals surface area contributed by atoms with Gasteiger partial charge in [0.15, 0.2) is 0 Å². The number of aromatic nitrogens is 1. The molecule has 0 aliphatic rings. The predicted molar refractivity (Wildman–Crippen MR) is 63.8 cm³/mol. The van der Waals surface area contributed by atoms with E-state index in [9.17, 15) is 4.39 Å². The first-order chi connectivity index (χ1) is 7.49. The third kappa shape index (κ3) is 4.24. The van der Waals surface area contributed by atoms with Gasteiger partial charge in [0.1, 0.15) is 5.82 Å². The summed E-state index contributed by atoms with van der Waals surface area (Å²) in [5, 5.41) is 3.41. The summed E-state index contributed by atoms with van der Waals surface area (Å²) in [7, 11) is 4.07. The van der Waals surface area contributed by atoms with E-state index in [-0.39, 0.29) is 11.9 Å². The summed E-state index contributed by atoms with van der Waals surface area (Å²) in [5.74, 6) is -0.286. The molecule has 1 rings (SSSR count). The highest BCUT2D eigenvalue weighted by molar-refractivity contribution is 5.14. The van der Waals surface area contributed by atoms with Gasteiger partial charge in [0.05, 0.1) is 6.20 Å². The first-order valence-corrected chi connectivity index (χ1v) is 5.50. The van der Waals surface area contributed by atoms with E-state index in [1.165, 1.54) is 12.3 Å². The van der Waals surface area contributed by atoms with Crippen LogP contribution >= 0.6 is 0 Å². The Kier molecular flexibility index (Phi) is 4.83. The molecule has 0 amide bonds. The van der Waals surface area contributed by atoms with Gasteiger partial charge >= 0.3 is 0 Å². The minimum Gasteiger partial charge on any atom is -0.308 e. The molecule has 0 aliphatic heterocycles. The molecule has 90 valence electrons. The van der Waals surface area contributed by atoms with E-state index in [2.05, 4.69) is 22.1 Å². The van der Waals surface area contributed by atoms with Gasteiger partial charge in [0.2, 0.25) is 0 Å². The Morgan fingerprint density at radius 1 is 1.38 bits per heavy atom. The van der Waals surface area contributed by atoms with Crippen LogP contribution in [0.15, 0.2) is 18.5 Å². The Bertz CT molecular complexity index is 328. The molecule has 0 aliphatic carbocycles. The summed E-state index contributed by atoms with van der Waals surface area (Å²) in [6.07, 6.45) is 2.92. The van der Waals surface area contributed by atoms with Crippen LogP contribution in [0.5, 0.6) is 0 Å². The summed E-state index contributed by atoms with van der Waals surface area (Å²) in [4.78, 5) is 5.97. The summed E-state index contributed by atoms with van der Waals surface area (Å²) in [5.41, 5.74) is 0.880. The lowest BCUT2D eigenvalue weighted by Crippen LogP contribution is -2.37. The van der Waals surface area contributed by atoms with Crippen molar-refractivity contribution in [3.63, 3.8) is 0 Å². The first-order valence-electron chi connectivity index (χ1n) is 5.50. The van der Waals surface area contributed by atoms with E-state index in [0.717, 1.165) is 12.1 Å². The van der Waals surface area contributed by atoms with Crippen molar-refractivity contribution in [1.29, 1.82) is 0 Å². The molecule has 0 fully saturated rings. The van der Waals surface area contributed by atoms with Crippen molar-refractivity contribution in [1.82, 2.24) is 15.2 Å². The lowest BCUT2D eigenvalue weighted by molar-refractivity contribution is 0.334. The summed E-state index contributed by atoms with van der Waals surface area (Å²) in [6.45, 7) is 5.08. The minimum atomic E-state index is -0.286. The van der Waals surface area contributed by atoms with Crippen LogP contribution in [0.1, 0.15) is 25.5 Å². The lowest BCUT2D eigenvalue weighted by Gasteiger charge is -2.22. The molecule has 0 spiro atoms. The van der Waals surface area contributed by atoms with Gasteiger partial charge < -0.3 is 10.2 Å². The van der Waals surface area contributed by atoms with Crippen LogP contribution in [0.2, 0.25) is 0 Å². The molecule has 2 atom stereocenters. The van der Waals surface area contributed by atoms with E-state index < -0.39 is 0 Å². The summed E-state index contributed by atoms with van der Waals surface area (Å²) >= 11 is 0. The van der Waals surface area contributed by atoms with E-state index in [1.54, 1.807) is 6.20 Å². The van der Waals surface area contributed by atoms with Crippen molar-refractivity contribution in [3.05, 3.63) is 29.8 Å². The zero-order valence-corrected chi connectivity index (χ0v) is 10.4. The topological polar surface area (TPSA) is 28.2 Å². The molecule has 0 bridgehead atoms. The fourth-order valence-corrected chi connectivity index (χ4v) is 1.79. The maximum absolute atomic E-state index is 13.0. The number of nitrogens with zero attached hydrogens (tertiary/aromatic N) is 2. The second-order valence-corrected chi connectivity index (χ2v) is 4.49. The maximum Gasteiger partial charge on any atom is 0.141 e. The molecule has 4 heteroatoms. The molecule has 0 saturated heterocycles. The Hall–Kier alpha value is -1.00. The van der Waals surface area contributed by atoms with E-state index in [4.69, 9.17) is 0 Å². The molecule has 0 aromatic carbocycles. The van der Waals surface area contributed by atoms with Gasteiger partial charge in [-0.3, -0.25) is 4.98 Å². The third-order valence-electron chi connectivity index (χ3n) is 2.40. The van der Waals surface area contributed by atoms with Crippen LogP contribution in [0.25, 0.3) is 0 Å². The molecule has 2 unspecified atom stereocenters. The number of pyridine rings is 1. The highest BCUT2D eigenvalue weighted by atomic mass is 19.1. The molecule has 1 heterocycles. The molecule has 3 nitrogen and oxygen atoms in total. The van der Waals surface area contributed by atoms with Gasteiger partial charge in [-0.15, -0.1) is 0 Å². The predicted octanol–water partition coefficient (Wildman–Crippen LogP) is 1.82. The van der Waals surface area contributed by atoms with Crippen molar-refractivity contribution < 1.29 is 4.39 Å². The Morgan fingerprint density at radius 3 is 2.62 bits per heavy atom. The number of likely N-dealkylation sites (N-methyl/N-ethyl adjacent to an activating group) is 1. The van der Waals surface area contributed by atoms with Crippen LogP contribution in [0.4, 0.5) is 4.39 Å². The van der Waals surface area contributed by atoms with Crippen molar-refractivity contribution in [2.45, 2.75) is 25.9 Å². The zero-order valence-electron chi connectivity index (χ0n) is 10.4. The number of hydrogen-bond donors (Lipinski definition) is 1. The first kappa shape index (κ1) is 13.1. The standard InChI is InChI=1S/C12H20FN3/c1-9(8-16(3)4)15-10(2)11-5-12(13)7-14-6-11/h5-7,9-10,15H,8H2,1-4H3. The van der Waals surface area contributed by atoms with E-state index in [0.29, 0.717) is 6.04 Å². The van der Waals surface area contributed by atoms with Crippen LogP contribution in [0.3, 0.4) is 0 Å². The summed E-state index contributed by atoms with van der Waals surface area (Å²) < 4.78 is 13.0. The van der Waals surface area contributed by atoms with Gasteiger partial charge in [-0.25, -0.2) is 4.39 Å². The Morgan fingerprint density at radius 2 is 2.06 bits per heavy atom. The number of rotatable bonds is 5. The minimum absolute atomic E-state index is 0.109. The average molecular weight is 225 g/mol. The molecular formula is C12H20FN3. The van der Waals surface area contributed by atoms with Crippen molar-refractivity contribution >= 4 is 0 Å². The van der Waals surface area contributed by atoms with E-state index in [1.807, 2.05) is 21.0 Å². The fraction of sp³-hybridized carbons (Fsp3) is 0.583. The normalized spacial score (nSPS) is 15.1. The molecular weight excluding hydrogens is 205 g/mol. The largest absolute Gasteiger partial charge is 0.308 e. The number of hydrogen-bond acceptors (Lipinski definition) is 3.